The third-order valence-corrected chi connectivity index (χ3v) is 5.08. The fraction of sp³-hybridized carbons (Fsp3) is 0.533. The van der Waals surface area contributed by atoms with Crippen LogP contribution in [0.25, 0.3) is 10.2 Å². The predicted octanol–water partition coefficient (Wildman–Crippen LogP) is 1.13. The number of fused-ring (bicyclic) bond motifs is 1. The molecule has 1 atom stereocenters. The number of nitrogens with one attached hydrogen (secondary N) is 1. The van der Waals surface area contributed by atoms with E-state index in [1.165, 1.54) is 22.2 Å². The van der Waals surface area contributed by atoms with Crippen molar-refractivity contribution in [2.45, 2.75) is 38.3 Å². The highest BCUT2D eigenvalue weighted by Crippen LogP contribution is 2.39. The van der Waals surface area contributed by atoms with Gasteiger partial charge >= 0.3 is 0 Å². The number of aryl methyl sites for hydroxylation is 1. The third-order valence-electron chi connectivity index (χ3n) is 4.26. The Morgan fingerprint density at radius 3 is 3.05 bits per heavy atom. The molecular weight excluding hydrogens is 302 g/mol. The number of hydrogen-bond donors (Lipinski definition) is 2. The summed E-state index contributed by atoms with van der Waals surface area (Å²) in [6, 6.07) is 1.75. The minimum absolute atomic E-state index is 0.0637. The van der Waals surface area contributed by atoms with Gasteiger partial charge in [0.1, 0.15) is 4.83 Å². The molecule has 1 saturated carbocycles. The van der Waals surface area contributed by atoms with E-state index in [1.54, 1.807) is 6.07 Å². The minimum atomic E-state index is -0.544. The quantitative estimate of drug-likeness (QED) is 0.835. The lowest BCUT2D eigenvalue weighted by atomic mass is 9.97. The monoisotopic (exact) mass is 321 g/mol. The molecule has 1 aliphatic rings. The van der Waals surface area contributed by atoms with Crippen LogP contribution in [-0.4, -0.2) is 32.7 Å². The number of nitrogens with zero attached hydrogens (tertiary/aromatic N) is 2. The Hall–Kier alpha value is -1.73. The van der Waals surface area contributed by atoms with Gasteiger partial charge in [0.05, 0.1) is 23.9 Å². The minimum Gasteiger partial charge on any atom is -0.394 e. The highest BCUT2D eigenvalue weighted by Gasteiger charge is 2.41. The number of aliphatic hydroxyl groups is 1. The number of rotatable bonds is 6. The first-order chi connectivity index (χ1) is 10.5. The summed E-state index contributed by atoms with van der Waals surface area (Å²) in [5.74, 6) is 0.203. The largest absolute Gasteiger partial charge is 0.394 e. The predicted molar refractivity (Wildman–Crippen MR) is 84.9 cm³/mol. The van der Waals surface area contributed by atoms with E-state index in [1.807, 2.05) is 12.3 Å². The number of thiophene rings is 1. The zero-order valence-electron chi connectivity index (χ0n) is 12.4. The maximum absolute atomic E-state index is 12.2. The maximum atomic E-state index is 12.2. The van der Waals surface area contributed by atoms with Gasteiger partial charge in [-0.05, 0) is 37.1 Å². The van der Waals surface area contributed by atoms with E-state index in [-0.39, 0.29) is 31.0 Å². The van der Waals surface area contributed by atoms with Gasteiger partial charge in [0.2, 0.25) is 5.91 Å². The Bertz CT molecular complexity index is 750. The Balaban J connectivity index is 1.65. The van der Waals surface area contributed by atoms with Crippen molar-refractivity contribution < 1.29 is 9.90 Å². The molecule has 0 radical (unpaired) electrons. The van der Waals surface area contributed by atoms with E-state index < -0.39 is 5.54 Å². The molecule has 2 aromatic rings. The molecule has 0 spiro atoms. The standard InChI is InChI=1S/C15H19N3O3S/c1-15(8-19,10-2-3-10)17-12(20)4-6-18-9-16-13-11(14(18)21)5-7-22-13/h5,7,9-10,19H,2-4,6,8H2,1H3,(H,17,20). The molecule has 1 unspecified atom stereocenters. The van der Waals surface area contributed by atoms with Crippen LogP contribution >= 0.6 is 11.3 Å². The molecule has 1 amide bonds. The van der Waals surface area contributed by atoms with Crippen molar-refractivity contribution in [1.82, 2.24) is 14.9 Å². The summed E-state index contributed by atoms with van der Waals surface area (Å²) in [7, 11) is 0. The molecule has 7 heteroatoms. The fourth-order valence-corrected chi connectivity index (χ4v) is 3.37. The molecule has 6 nitrogen and oxygen atoms in total. The highest BCUT2D eigenvalue weighted by atomic mass is 32.1. The van der Waals surface area contributed by atoms with Gasteiger partial charge in [0, 0.05) is 13.0 Å². The van der Waals surface area contributed by atoms with Crippen molar-refractivity contribution in [3.05, 3.63) is 28.1 Å². The number of carbonyl (C=O) groups is 1. The van der Waals surface area contributed by atoms with Crippen molar-refractivity contribution in [3.8, 4) is 0 Å². The van der Waals surface area contributed by atoms with E-state index in [4.69, 9.17) is 0 Å². The number of aromatic nitrogens is 2. The number of carbonyl (C=O) groups excluding carboxylic acids is 1. The molecule has 118 valence electrons. The van der Waals surface area contributed by atoms with Crippen LogP contribution in [0.1, 0.15) is 26.2 Å². The van der Waals surface area contributed by atoms with E-state index >= 15 is 0 Å². The zero-order chi connectivity index (χ0) is 15.7. The Morgan fingerprint density at radius 1 is 1.59 bits per heavy atom. The SMILES string of the molecule is CC(CO)(NC(=O)CCn1cnc2sccc2c1=O)C1CC1. The maximum Gasteiger partial charge on any atom is 0.262 e. The van der Waals surface area contributed by atoms with Crippen molar-refractivity contribution in [1.29, 1.82) is 0 Å². The van der Waals surface area contributed by atoms with E-state index in [0.717, 1.165) is 12.8 Å². The second-order valence-corrected chi connectivity index (χ2v) is 6.93. The van der Waals surface area contributed by atoms with Gasteiger partial charge in [-0.25, -0.2) is 4.98 Å². The van der Waals surface area contributed by atoms with Crippen molar-refractivity contribution >= 4 is 27.5 Å². The zero-order valence-corrected chi connectivity index (χ0v) is 13.2. The normalized spacial score (nSPS) is 17.4. The Kier molecular flexibility index (Phi) is 4.01. The lowest BCUT2D eigenvalue weighted by Gasteiger charge is -2.28. The second kappa shape index (κ2) is 5.81. The number of aliphatic hydroxyl groups excluding tert-OH is 1. The van der Waals surface area contributed by atoms with Gasteiger partial charge in [-0.2, -0.15) is 0 Å². The molecule has 2 N–H and O–H groups in total. The number of amides is 1. The molecule has 0 bridgehead atoms. The summed E-state index contributed by atoms with van der Waals surface area (Å²) in [5, 5.41) is 14.8. The van der Waals surface area contributed by atoms with Gasteiger partial charge in [0.25, 0.3) is 5.56 Å². The first-order valence-electron chi connectivity index (χ1n) is 7.38. The fourth-order valence-electron chi connectivity index (χ4n) is 2.65. The molecule has 1 fully saturated rings. The van der Waals surface area contributed by atoms with Crippen LogP contribution in [0.3, 0.4) is 0 Å². The van der Waals surface area contributed by atoms with Gasteiger partial charge < -0.3 is 10.4 Å². The second-order valence-electron chi connectivity index (χ2n) is 6.03. The summed E-state index contributed by atoms with van der Waals surface area (Å²) >= 11 is 1.42. The summed E-state index contributed by atoms with van der Waals surface area (Å²) in [5.41, 5.74) is -0.663. The average molecular weight is 321 g/mol. The molecule has 0 aromatic carbocycles. The molecule has 2 aromatic heterocycles. The van der Waals surface area contributed by atoms with Crippen molar-refractivity contribution in [2.75, 3.05) is 6.61 Å². The molecule has 22 heavy (non-hydrogen) atoms. The molecule has 0 aliphatic heterocycles. The van der Waals surface area contributed by atoms with Gasteiger partial charge in [-0.3, -0.25) is 14.2 Å². The summed E-state index contributed by atoms with van der Waals surface area (Å²) in [6.45, 7) is 2.09. The smallest absolute Gasteiger partial charge is 0.262 e. The Labute approximate surface area is 131 Å². The van der Waals surface area contributed by atoms with Crippen LogP contribution in [0.5, 0.6) is 0 Å². The van der Waals surface area contributed by atoms with E-state index in [0.29, 0.717) is 16.1 Å². The molecule has 3 rings (SSSR count). The van der Waals surface area contributed by atoms with E-state index in [2.05, 4.69) is 10.3 Å². The van der Waals surface area contributed by atoms with Crippen LogP contribution in [-0.2, 0) is 11.3 Å². The van der Waals surface area contributed by atoms with Crippen LogP contribution < -0.4 is 10.9 Å². The first kappa shape index (κ1) is 15.2. The first-order valence-corrected chi connectivity index (χ1v) is 8.26. The van der Waals surface area contributed by atoms with Crippen LogP contribution in [0.4, 0.5) is 0 Å². The average Bonchev–Trinajstić information content (AvgIpc) is 3.25. The van der Waals surface area contributed by atoms with Crippen LogP contribution in [0, 0.1) is 5.92 Å². The van der Waals surface area contributed by atoms with E-state index in [9.17, 15) is 14.7 Å². The highest BCUT2D eigenvalue weighted by molar-refractivity contribution is 7.16. The van der Waals surface area contributed by atoms with Gasteiger partial charge in [0.15, 0.2) is 0 Å². The lowest BCUT2D eigenvalue weighted by Crippen LogP contribution is -2.51. The number of hydrogen-bond acceptors (Lipinski definition) is 5. The van der Waals surface area contributed by atoms with Crippen molar-refractivity contribution in [3.63, 3.8) is 0 Å². The molecule has 1 aliphatic carbocycles. The summed E-state index contributed by atoms with van der Waals surface area (Å²) < 4.78 is 1.46. The van der Waals surface area contributed by atoms with Gasteiger partial charge in [-0.1, -0.05) is 0 Å². The Morgan fingerprint density at radius 2 is 2.36 bits per heavy atom. The summed E-state index contributed by atoms with van der Waals surface area (Å²) in [6.07, 6.45) is 3.76. The topological polar surface area (TPSA) is 84.2 Å². The van der Waals surface area contributed by atoms with Crippen molar-refractivity contribution in [2.24, 2.45) is 5.92 Å². The lowest BCUT2D eigenvalue weighted by molar-refractivity contribution is -0.124. The van der Waals surface area contributed by atoms with Crippen LogP contribution in [0.15, 0.2) is 22.6 Å². The molecule has 0 saturated heterocycles. The van der Waals surface area contributed by atoms with Gasteiger partial charge in [-0.15, -0.1) is 11.3 Å². The summed E-state index contributed by atoms with van der Waals surface area (Å²) in [4.78, 5) is 29.2. The third kappa shape index (κ3) is 2.91. The molecular formula is C15H19N3O3S. The molecule has 2 heterocycles. The van der Waals surface area contributed by atoms with Crippen LogP contribution in [0.2, 0.25) is 0 Å².